The lowest BCUT2D eigenvalue weighted by Gasteiger charge is -1.92. The number of H-pyrrole nitrogens is 1. The molecule has 5 nitrogen and oxygen atoms in total. The Morgan fingerprint density at radius 2 is 2.08 bits per heavy atom. The van der Waals surface area contributed by atoms with Gasteiger partial charge in [0.25, 0.3) is 0 Å². The summed E-state index contributed by atoms with van der Waals surface area (Å²) in [5, 5.41) is 2.53. The minimum atomic E-state index is 0.152. The van der Waals surface area contributed by atoms with Gasteiger partial charge in [-0.25, -0.2) is 9.97 Å². The lowest BCUT2D eigenvalue weighted by molar-refractivity contribution is 0.406. The van der Waals surface area contributed by atoms with E-state index in [0.29, 0.717) is 11.6 Å². The zero-order chi connectivity index (χ0) is 9.26. The summed E-state index contributed by atoms with van der Waals surface area (Å²) in [6, 6.07) is 0. The van der Waals surface area contributed by atoms with E-state index in [4.69, 9.17) is 16.7 Å². The number of rotatable bonds is 1. The first-order valence-corrected chi connectivity index (χ1v) is 4.01. The maximum absolute atomic E-state index is 4.75. The second-order valence-corrected chi connectivity index (χ2v) is 2.86. The fraction of sp³-hybridized carbons (Fsp3) is 0.143. The second-order valence-electron chi connectivity index (χ2n) is 2.51. The van der Waals surface area contributed by atoms with E-state index in [2.05, 4.69) is 20.1 Å². The molecule has 0 fully saturated rings. The lowest BCUT2D eigenvalue weighted by atomic mass is 10.4. The average Bonchev–Trinajstić information content (AvgIpc) is 2.53. The van der Waals surface area contributed by atoms with E-state index in [1.807, 2.05) is 6.92 Å². The van der Waals surface area contributed by atoms with Crippen LogP contribution in [-0.4, -0.2) is 20.1 Å². The van der Waals surface area contributed by atoms with Gasteiger partial charge in [0, 0.05) is 12.4 Å². The highest BCUT2D eigenvalue weighted by Crippen LogP contribution is 2.07. The van der Waals surface area contributed by atoms with E-state index in [0.717, 1.165) is 5.56 Å². The number of hydrogen-bond acceptors (Lipinski definition) is 5. The quantitative estimate of drug-likeness (QED) is 0.697. The number of aryl methyl sites for hydroxylation is 1. The Morgan fingerprint density at radius 3 is 2.62 bits per heavy atom. The molecule has 2 aromatic heterocycles. The van der Waals surface area contributed by atoms with Gasteiger partial charge in [-0.3, -0.25) is 0 Å². The number of aromatic nitrogens is 4. The van der Waals surface area contributed by atoms with E-state index in [1.54, 1.807) is 12.4 Å². The fourth-order valence-corrected chi connectivity index (χ4v) is 0.972. The summed E-state index contributed by atoms with van der Waals surface area (Å²) in [5.41, 5.74) is 0.992. The molecule has 0 bridgehead atoms. The maximum atomic E-state index is 4.75. The Bertz CT molecular complexity index is 458. The Kier molecular flexibility index (Phi) is 1.90. The van der Waals surface area contributed by atoms with Crippen LogP contribution in [-0.2, 0) is 0 Å². The third-order valence-corrected chi connectivity index (χ3v) is 1.61. The third-order valence-electron chi connectivity index (χ3n) is 1.43. The minimum Gasteiger partial charge on any atom is -0.348 e. The van der Waals surface area contributed by atoms with Crippen molar-refractivity contribution < 1.29 is 4.52 Å². The van der Waals surface area contributed by atoms with E-state index in [-0.39, 0.29) is 4.84 Å². The lowest BCUT2D eigenvalue weighted by Crippen LogP contribution is -1.90. The molecule has 0 aromatic carbocycles. The van der Waals surface area contributed by atoms with E-state index in [9.17, 15) is 0 Å². The molecule has 2 aromatic rings. The van der Waals surface area contributed by atoms with Gasteiger partial charge < -0.3 is 4.52 Å². The Labute approximate surface area is 78.8 Å². The second kappa shape index (κ2) is 3.06. The van der Waals surface area contributed by atoms with Gasteiger partial charge in [0.15, 0.2) is 5.82 Å². The van der Waals surface area contributed by atoms with Crippen molar-refractivity contribution in [1.82, 2.24) is 20.1 Å². The van der Waals surface area contributed by atoms with Crippen LogP contribution < -0.4 is 0 Å². The molecule has 0 amide bonds. The first-order valence-electron chi connectivity index (χ1n) is 3.60. The van der Waals surface area contributed by atoms with Gasteiger partial charge in [-0.1, -0.05) is 0 Å². The predicted molar refractivity (Wildman–Crippen MR) is 47.5 cm³/mol. The number of hydrogen-bond donors (Lipinski definition) is 1. The normalized spacial score (nSPS) is 10.2. The predicted octanol–water partition coefficient (Wildman–Crippen LogP) is 1.50. The first kappa shape index (κ1) is 8.06. The van der Waals surface area contributed by atoms with Gasteiger partial charge in [0.2, 0.25) is 5.82 Å². The Morgan fingerprint density at radius 1 is 1.38 bits per heavy atom. The molecule has 13 heavy (non-hydrogen) atoms. The van der Waals surface area contributed by atoms with Crippen LogP contribution in [0.1, 0.15) is 5.56 Å². The van der Waals surface area contributed by atoms with Crippen molar-refractivity contribution in [3.63, 3.8) is 0 Å². The molecule has 0 saturated carbocycles. The van der Waals surface area contributed by atoms with Crippen molar-refractivity contribution in [1.29, 1.82) is 0 Å². The van der Waals surface area contributed by atoms with Crippen LogP contribution >= 0.6 is 12.2 Å². The molecule has 1 N–H and O–H groups in total. The van der Waals surface area contributed by atoms with Crippen LogP contribution in [0.5, 0.6) is 0 Å². The maximum Gasteiger partial charge on any atom is 0.314 e. The molecular formula is C7H6N4OS. The highest BCUT2D eigenvalue weighted by atomic mass is 32.1. The summed E-state index contributed by atoms with van der Waals surface area (Å²) in [6.45, 7) is 1.91. The van der Waals surface area contributed by atoms with Gasteiger partial charge in [-0.05, 0) is 24.7 Å². The van der Waals surface area contributed by atoms with Gasteiger partial charge in [-0.2, -0.15) is 10.1 Å². The van der Waals surface area contributed by atoms with Crippen molar-refractivity contribution in [2.24, 2.45) is 0 Å². The minimum absolute atomic E-state index is 0.152. The molecule has 0 unspecified atom stereocenters. The van der Waals surface area contributed by atoms with Crippen molar-refractivity contribution in [2.45, 2.75) is 6.92 Å². The molecule has 2 heterocycles. The molecule has 6 heteroatoms. The summed E-state index contributed by atoms with van der Waals surface area (Å²) < 4.78 is 4.75. The number of nitrogens with one attached hydrogen (secondary N) is 1. The standard InChI is InChI=1S/C7H6N4OS/c1-4-2-8-5(9-3-4)6-10-7(13)12-11-6/h2-3H,1H3,(H,10,11,13). The van der Waals surface area contributed by atoms with Crippen LogP contribution in [0, 0.1) is 11.8 Å². The molecule has 0 atom stereocenters. The Hall–Kier alpha value is -1.56. The Balaban J connectivity index is 2.47. The smallest absolute Gasteiger partial charge is 0.314 e. The van der Waals surface area contributed by atoms with Crippen LogP contribution in [0.25, 0.3) is 11.6 Å². The van der Waals surface area contributed by atoms with Gasteiger partial charge in [-0.15, -0.1) is 0 Å². The molecule has 0 radical (unpaired) electrons. The van der Waals surface area contributed by atoms with Crippen molar-refractivity contribution in [3.05, 3.63) is 22.8 Å². The van der Waals surface area contributed by atoms with Crippen LogP contribution in [0.15, 0.2) is 16.9 Å². The van der Waals surface area contributed by atoms with Crippen LogP contribution in [0.2, 0.25) is 0 Å². The summed E-state index contributed by atoms with van der Waals surface area (Å²) in [5.74, 6) is 0.926. The van der Waals surface area contributed by atoms with Crippen LogP contribution in [0.3, 0.4) is 0 Å². The van der Waals surface area contributed by atoms with Gasteiger partial charge in [0.05, 0.1) is 0 Å². The van der Waals surface area contributed by atoms with E-state index >= 15 is 0 Å². The molecular weight excluding hydrogens is 188 g/mol. The summed E-state index contributed by atoms with van der Waals surface area (Å²) in [6.07, 6.45) is 3.40. The molecule has 66 valence electrons. The summed E-state index contributed by atoms with van der Waals surface area (Å²) >= 11 is 4.69. The summed E-state index contributed by atoms with van der Waals surface area (Å²) in [4.78, 5) is 12.1. The van der Waals surface area contributed by atoms with Gasteiger partial charge in [0.1, 0.15) is 0 Å². The highest BCUT2D eigenvalue weighted by Gasteiger charge is 2.04. The van der Waals surface area contributed by atoms with Crippen molar-refractivity contribution >= 4 is 12.2 Å². The molecule has 0 aliphatic rings. The monoisotopic (exact) mass is 194 g/mol. The topological polar surface area (TPSA) is 67.6 Å². The summed E-state index contributed by atoms with van der Waals surface area (Å²) in [7, 11) is 0. The molecule has 2 rings (SSSR count). The largest absolute Gasteiger partial charge is 0.348 e. The average molecular weight is 194 g/mol. The first-order chi connectivity index (χ1) is 6.25. The zero-order valence-corrected chi connectivity index (χ0v) is 7.63. The molecule has 0 aliphatic heterocycles. The molecule has 0 aliphatic carbocycles. The number of nitrogens with zero attached hydrogens (tertiary/aromatic N) is 3. The van der Waals surface area contributed by atoms with Crippen molar-refractivity contribution in [2.75, 3.05) is 0 Å². The van der Waals surface area contributed by atoms with Gasteiger partial charge >= 0.3 is 4.84 Å². The van der Waals surface area contributed by atoms with E-state index in [1.165, 1.54) is 0 Å². The fourth-order valence-electron chi connectivity index (χ4n) is 0.839. The third kappa shape index (κ3) is 1.62. The number of aromatic amines is 1. The van der Waals surface area contributed by atoms with Crippen molar-refractivity contribution in [3.8, 4) is 11.6 Å². The highest BCUT2D eigenvalue weighted by molar-refractivity contribution is 7.71. The zero-order valence-electron chi connectivity index (χ0n) is 6.81. The molecule has 0 spiro atoms. The molecule has 0 saturated heterocycles. The SMILES string of the molecule is Cc1cnc(-c2nc(=S)o[nH]2)nc1. The van der Waals surface area contributed by atoms with Crippen LogP contribution in [0.4, 0.5) is 0 Å². The van der Waals surface area contributed by atoms with E-state index < -0.39 is 0 Å².